The first kappa shape index (κ1) is 19.3. The molecule has 134 valence electrons. The van der Waals surface area contributed by atoms with Crippen molar-refractivity contribution in [1.82, 2.24) is 4.98 Å². The molecule has 9 heteroatoms. The summed E-state index contributed by atoms with van der Waals surface area (Å²) in [5.74, 6) is -2.54. The Kier molecular flexibility index (Phi) is 5.54. The number of nitrogens with zero attached hydrogens (tertiary/aromatic N) is 1. The summed E-state index contributed by atoms with van der Waals surface area (Å²) in [6, 6.07) is 8.44. The van der Waals surface area contributed by atoms with Crippen LogP contribution in [0.2, 0.25) is 5.02 Å². The lowest BCUT2D eigenvalue weighted by atomic mass is 10.1. The van der Waals surface area contributed by atoms with Gasteiger partial charge in [-0.25, -0.2) is 9.59 Å². The van der Waals surface area contributed by atoms with Crippen LogP contribution in [0.25, 0.3) is 10.9 Å². The summed E-state index contributed by atoms with van der Waals surface area (Å²) in [6.07, 6.45) is 1.16. The number of aromatic nitrogens is 1. The predicted molar refractivity (Wildman–Crippen MR) is 99.3 cm³/mol. The molecule has 0 unspecified atom stereocenters. The first-order valence-electron chi connectivity index (χ1n) is 7.01. The predicted octanol–water partition coefficient (Wildman–Crippen LogP) is 4.16. The van der Waals surface area contributed by atoms with Crippen molar-refractivity contribution >= 4 is 58.2 Å². The van der Waals surface area contributed by atoms with E-state index in [-0.39, 0.29) is 40.7 Å². The van der Waals surface area contributed by atoms with Crippen molar-refractivity contribution in [2.24, 2.45) is 0 Å². The molecule has 4 N–H and O–H groups in total. The fourth-order valence-electron chi connectivity index (χ4n) is 2.37. The van der Waals surface area contributed by atoms with Crippen LogP contribution in [0.4, 0.5) is 11.4 Å². The summed E-state index contributed by atoms with van der Waals surface area (Å²) in [5, 5.41) is 32.0. The summed E-state index contributed by atoms with van der Waals surface area (Å²) < 4.78 is 0. The Morgan fingerprint density at radius 2 is 1.77 bits per heavy atom. The van der Waals surface area contributed by atoms with Gasteiger partial charge in [-0.15, -0.1) is 12.4 Å². The second-order valence-electron chi connectivity index (χ2n) is 5.18. The topological polar surface area (TPSA) is 120 Å². The molecular formula is C17H12Cl2N2O5. The van der Waals surface area contributed by atoms with Crippen molar-refractivity contribution in [3.8, 4) is 5.75 Å². The number of carbonyl (C=O) groups is 2. The highest BCUT2D eigenvalue weighted by Crippen LogP contribution is 2.34. The van der Waals surface area contributed by atoms with Crippen LogP contribution >= 0.6 is 24.0 Å². The van der Waals surface area contributed by atoms with E-state index in [2.05, 4.69) is 10.3 Å². The highest BCUT2D eigenvalue weighted by molar-refractivity contribution is 6.31. The van der Waals surface area contributed by atoms with E-state index in [0.29, 0.717) is 15.9 Å². The van der Waals surface area contributed by atoms with E-state index in [9.17, 15) is 19.8 Å². The van der Waals surface area contributed by atoms with Crippen LogP contribution in [-0.2, 0) is 0 Å². The molecule has 1 heterocycles. The van der Waals surface area contributed by atoms with Gasteiger partial charge in [0.25, 0.3) is 0 Å². The molecule has 0 saturated heterocycles. The lowest BCUT2D eigenvalue weighted by Gasteiger charge is -2.14. The Hall–Kier alpha value is -3.03. The maximum Gasteiger partial charge on any atom is 0.339 e. The maximum absolute atomic E-state index is 11.5. The lowest BCUT2D eigenvalue weighted by molar-refractivity contribution is 0.0687. The minimum absolute atomic E-state index is 0. The van der Waals surface area contributed by atoms with E-state index < -0.39 is 11.9 Å². The summed E-state index contributed by atoms with van der Waals surface area (Å²) in [6.45, 7) is 0. The van der Waals surface area contributed by atoms with Gasteiger partial charge in [0.15, 0.2) is 0 Å². The van der Waals surface area contributed by atoms with E-state index in [1.807, 2.05) is 0 Å². The number of carboxylic acid groups (broad SMARTS) is 2. The number of pyridine rings is 1. The number of benzene rings is 2. The zero-order valence-electron chi connectivity index (χ0n) is 12.9. The van der Waals surface area contributed by atoms with Crippen molar-refractivity contribution in [3.05, 3.63) is 58.7 Å². The van der Waals surface area contributed by atoms with Gasteiger partial charge in [0.2, 0.25) is 0 Å². The molecule has 0 aliphatic carbocycles. The summed E-state index contributed by atoms with van der Waals surface area (Å²) in [5.41, 5.74) is 0.505. The average Bonchev–Trinajstić information content (AvgIpc) is 2.57. The van der Waals surface area contributed by atoms with E-state index in [0.717, 1.165) is 6.20 Å². The molecule has 3 aromatic rings. The van der Waals surface area contributed by atoms with Crippen LogP contribution in [0.1, 0.15) is 20.7 Å². The molecule has 3 rings (SSSR count). The second-order valence-corrected chi connectivity index (χ2v) is 5.61. The minimum Gasteiger partial charge on any atom is -0.506 e. The molecule has 7 nitrogen and oxygen atoms in total. The zero-order chi connectivity index (χ0) is 18.1. The normalized spacial score (nSPS) is 10.2. The van der Waals surface area contributed by atoms with Gasteiger partial charge in [0.05, 0.1) is 22.5 Å². The highest BCUT2D eigenvalue weighted by Gasteiger charge is 2.17. The third kappa shape index (κ3) is 3.63. The number of halogens is 2. The number of phenolic OH excluding ortho intramolecular Hbond substituents is 1. The van der Waals surface area contributed by atoms with Crippen molar-refractivity contribution in [3.63, 3.8) is 0 Å². The Bertz CT molecular complexity index is 1020. The minimum atomic E-state index is -1.25. The van der Waals surface area contributed by atoms with Crippen LogP contribution in [0.3, 0.4) is 0 Å². The summed E-state index contributed by atoms with van der Waals surface area (Å²) in [4.78, 5) is 26.8. The van der Waals surface area contributed by atoms with Crippen LogP contribution < -0.4 is 5.32 Å². The number of aromatic hydroxyl groups is 1. The van der Waals surface area contributed by atoms with Crippen molar-refractivity contribution in [2.45, 2.75) is 0 Å². The number of carboxylic acids is 2. The number of rotatable bonds is 4. The van der Waals surface area contributed by atoms with E-state index >= 15 is 0 Å². The monoisotopic (exact) mass is 394 g/mol. The van der Waals surface area contributed by atoms with Gasteiger partial charge >= 0.3 is 11.9 Å². The van der Waals surface area contributed by atoms with E-state index in [1.54, 1.807) is 0 Å². The summed E-state index contributed by atoms with van der Waals surface area (Å²) >= 11 is 5.91. The first-order chi connectivity index (χ1) is 11.9. The number of fused-ring (bicyclic) bond motifs is 1. The van der Waals surface area contributed by atoms with Crippen LogP contribution in [-0.4, -0.2) is 32.2 Å². The molecule has 0 aliphatic rings. The van der Waals surface area contributed by atoms with E-state index in [1.165, 1.54) is 36.4 Å². The van der Waals surface area contributed by atoms with Crippen LogP contribution in [0.15, 0.2) is 42.6 Å². The van der Waals surface area contributed by atoms with Crippen molar-refractivity contribution in [2.75, 3.05) is 5.32 Å². The SMILES string of the molecule is Cl.O=C(O)c1ccc2ncc(C(=O)O)c(Nc3cc(Cl)ccc3O)c2c1. The molecule has 0 saturated carbocycles. The van der Waals surface area contributed by atoms with Crippen LogP contribution in [0, 0.1) is 0 Å². The van der Waals surface area contributed by atoms with Gasteiger partial charge in [-0.2, -0.15) is 0 Å². The molecule has 0 atom stereocenters. The molecule has 2 aromatic carbocycles. The zero-order valence-corrected chi connectivity index (χ0v) is 14.5. The number of hydrogen-bond donors (Lipinski definition) is 4. The van der Waals surface area contributed by atoms with Gasteiger partial charge in [-0.1, -0.05) is 11.6 Å². The van der Waals surface area contributed by atoms with Gasteiger partial charge < -0.3 is 20.6 Å². The highest BCUT2D eigenvalue weighted by atomic mass is 35.5. The average molecular weight is 395 g/mol. The van der Waals surface area contributed by atoms with Gasteiger partial charge in [0, 0.05) is 16.6 Å². The Morgan fingerprint density at radius 1 is 1.04 bits per heavy atom. The fraction of sp³-hybridized carbons (Fsp3) is 0. The summed E-state index contributed by atoms with van der Waals surface area (Å²) in [7, 11) is 0. The maximum atomic E-state index is 11.5. The van der Waals surface area contributed by atoms with Gasteiger partial charge in [0.1, 0.15) is 11.3 Å². The van der Waals surface area contributed by atoms with Crippen molar-refractivity contribution < 1.29 is 24.9 Å². The molecule has 0 amide bonds. The van der Waals surface area contributed by atoms with Crippen LogP contribution in [0.5, 0.6) is 5.75 Å². The third-order valence-corrected chi connectivity index (χ3v) is 3.80. The Labute approximate surface area is 158 Å². The lowest BCUT2D eigenvalue weighted by Crippen LogP contribution is -2.06. The molecule has 0 fully saturated rings. The third-order valence-electron chi connectivity index (χ3n) is 3.56. The Balaban J connectivity index is 0.00000243. The van der Waals surface area contributed by atoms with Gasteiger partial charge in [-0.3, -0.25) is 4.98 Å². The number of anilines is 2. The molecule has 1 aromatic heterocycles. The van der Waals surface area contributed by atoms with Crippen molar-refractivity contribution in [1.29, 1.82) is 0 Å². The Morgan fingerprint density at radius 3 is 2.42 bits per heavy atom. The second kappa shape index (κ2) is 7.47. The number of hydrogen-bond acceptors (Lipinski definition) is 5. The largest absolute Gasteiger partial charge is 0.506 e. The standard InChI is InChI=1S/C17H11ClN2O5.ClH/c18-9-2-4-14(21)13(6-9)20-15-10-5-8(16(22)23)1-3-12(10)19-7-11(15)17(24)25;/h1-7,21H,(H,19,20)(H,22,23)(H,24,25);1H. The smallest absolute Gasteiger partial charge is 0.339 e. The number of phenols is 1. The molecule has 0 radical (unpaired) electrons. The molecular weight excluding hydrogens is 383 g/mol. The number of nitrogens with one attached hydrogen (secondary N) is 1. The molecule has 0 bridgehead atoms. The number of aromatic carboxylic acids is 2. The molecule has 26 heavy (non-hydrogen) atoms. The van der Waals surface area contributed by atoms with E-state index in [4.69, 9.17) is 16.7 Å². The fourth-order valence-corrected chi connectivity index (χ4v) is 2.54. The quantitative estimate of drug-likeness (QED) is 0.490. The first-order valence-corrected chi connectivity index (χ1v) is 7.39. The molecule has 0 spiro atoms. The van der Waals surface area contributed by atoms with Gasteiger partial charge in [-0.05, 0) is 36.4 Å². The molecule has 0 aliphatic heterocycles.